The number of β-lactam (4-membered cyclic amide) rings is 1. The highest BCUT2D eigenvalue weighted by atomic mass is 16.6. The van der Waals surface area contributed by atoms with Gasteiger partial charge in [-0.25, -0.2) is 9.69 Å². The van der Waals surface area contributed by atoms with Gasteiger partial charge in [0.2, 0.25) is 5.91 Å². The van der Waals surface area contributed by atoms with Gasteiger partial charge in [-0.15, -0.1) is 0 Å². The molecule has 17 heavy (non-hydrogen) atoms. The summed E-state index contributed by atoms with van der Waals surface area (Å²) in [5.74, 6) is -2.57. The van der Waals surface area contributed by atoms with Gasteiger partial charge in [0.15, 0.2) is 12.8 Å². The molecule has 2 amide bonds. The molecule has 1 atom stereocenters. The van der Waals surface area contributed by atoms with E-state index in [0.717, 1.165) is 11.0 Å². The first-order valence-electron chi connectivity index (χ1n) is 4.77. The highest BCUT2D eigenvalue weighted by molar-refractivity contribution is 6.01. The van der Waals surface area contributed by atoms with Crippen LogP contribution in [0.25, 0.3) is 0 Å². The third kappa shape index (κ3) is 3.13. The Morgan fingerprint density at radius 3 is 2.65 bits per heavy atom. The molecule has 0 saturated carbocycles. The van der Waals surface area contributed by atoms with E-state index >= 15 is 0 Å². The van der Waals surface area contributed by atoms with Crippen LogP contribution in [0.4, 0.5) is 0 Å². The zero-order valence-electron chi connectivity index (χ0n) is 9.17. The maximum Gasteiger partial charge on any atom is 0.330 e. The number of esters is 2. The lowest BCUT2D eigenvalue weighted by molar-refractivity contribution is -0.189. The predicted octanol–water partition coefficient (Wildman–Crippen LogP) is -0.636. The van der Waals surface area contributed by atoms with Crippen LogP contribution in [0.3, 0.4) is 0 Å². The molecule has 1 aliphatic heterocycles. The average Bonchev–Trinajstić information content (AvgIpc) is 2.24. The van der Waals surface area contributed by atoms with Crippen LogP contribution >= 0.6 is 0 Å². The summed E-state index contributed by atoms with van der Waals surface area (Å²) in [6.45, 7) is 3.73. The van der Waals surface area contributed by atoms with Gasteiger partial charge in [-0.2, -0.15) is 0 Å². The van der Waals surface area contributed by atoms with Crippen molar-refractivity contribution in [3.8, 4) is 0 Å². The molecule has 0 aromatic carbocycles. The summed E-state index contributed by atoms with van der Waals surface area (Å²) in [7, 11) is 0. The number of rotatable bonds is 4. The van der Waals surface area contributed by atoms with Gasteiger partial charge in [0.1, 0.15) is 0 Å². The Balaban J connectivity index is 2.49. The van der Waals surface area contributed by atoms with Crippen molar-refractivity contribution in [3.63, 3.8) is 0 Å². The lowest BCUT2D eigenvalue weighted by atomic mass is 10.1. The summed E-state index contributed by atoms with van der Waals surface area (Å²) in [5.41, 5.74) is 0. The van der Waals surface area contributed by atoms with Gasteiger partial charge in [-0.3, -0.25) is 14.4 Å². The maximum absolute atomic E-state index is 11.5. The lowest BCUT2D eigenvalue weighted by Gasteiger charge is -2.36. The van der Waals surface area contributed by atoms with Crippen LogP contribution < -0.4 is 0 Å². The number of carbonyl (C=O) groups is 4. The van der Waals surface area contributed by atoms with Gasteiger partial charge in [0.25, 0.3) is 5.91 Å². The molecule has 7 nitrogen and oxygen atoms in total. The van der Waals surface area contributed by atoms with E-state index < -0.39 is 36.6 Å². The SMILES string of the molecule is C=CC(=O)OCC(=O)N1C(=O)CC1OC(C)=O. The van der Waals surface area contributed by atoms with E-state index in [1.54, 1.807) is 0 Å². The Kier molecular flexibility index (Phi) is 3.97. The van der Waals surface area contributed by atoms with E-state index in [0.29, 0.717) is 0 Å². The molecule has 0 radical (unpaired) electrons. The topological polar surface area (TPSA) is 90.0 Å². The monoisotopic (exact) mass is 241 g/mol. The van der Waals surface area contributed by atoms with Crippen molar-refractivity contribution in [2.24, 2.45) is 0 Å². The summed E-state index contributed by atoms with van der Waals surface area (Å²) in [5, 5.41) is 0. The molecule has 0 aromatic rings. The number of hydrogen-bond acceptors (Lipinski definition) is 6. The molecule has 1 unspecified atom stereocenters. The van der Waals surface area contributed by atoms with Crippen LogP contribution in [0, 0.1) is 0 Å². The molecular formula is C10H11NO6. The quantitative estimate of drug-likeness (QED) is 0.369. The van der Waals surface area contributed by atoms with Crippen molar-refractivity contribution < 1.29 is 28.7 Å². The number of carbonyl (C=O) groups excluding carboxylic acids is 4. The smallest absolute Gasteiger partial charge is 0.330 e. The Hall–Kier alpha value is -2.18. The van der Waals surface area contributed by atoms with Gasteiger partial charge in [-0.1, -0.05) is 6.58 Å². The first-order valence-corrected chi connectivity index (χ1v) is 4.77. The van der Waals surface area contributed by atoms with Gasteiger partial charge < -0.3 is 9.47 Å². The van der Waals surface area contributed by atoms with Crippen LogP contribution in [0.1, 0.15) is 13.3 Å². The highest BCUT2D eigenvalue weighted by Crippen LogP contribution is 2.20. The fourth-order valence-electron chi connectivity index (χ4n) is 1.23. The lowest BCUT2D eigenvalue weighted by Crippen LogP contribution is -2.58. The van der Waals surface area contributed by atoms with Gasteiger partial charge in [0.05, 0.1) is 6.42 Å². The summed E-state index contributed by atoms with van der Waals surface area (Å²) < 4.78 is 9.18. The van der Waals surface area contributed by atoms with Gasteiger partial charge in [-0.05, 0) is 0 Å². The molecule has 1 fully saturated rings. The van der Waals surface area contributed by atoms with Crippen LogP contribution in [-0.4, -0.2) is 41.5 Å². The van der Waals surface area contributed by atoms with Crippen LogP contribution in [0.15, 0.2) is 12.7 Å². The summed E-state index contributed by atoms with van der Waals surface area (Å²) >= 11 is 0. The molecular weight excluding hydrogens is 230 g/mol. The minimum atomic E-state index is -0.894. The van der Waals surface area contributed by atoms with E-state index in [1.165, 1.54) is 6.92 Å². The van der Waals surface area contributed by atoms with Crippen molar-refractivity contribution in [2.45, 2.75) is 19.6 Å². The summed E-state index contributed by atoms with van der Waals surface area (Å²) in [6, 6.07) is 0. The zero-order chi connectivity index (χ0) is 13.0. The predicted molar refractivity (Wildman–Crippen MR) is 53.2 cm³/mol. The molecule has 92 valence electrons. The molecule has 7 heteroatoms. The standard InChI is InChI=1S/C10H11NO6/c1-3-10(15)16-5-8(14)11-7(13)4-9(11)17-6(2)12/h3,9H,1,4-5H2,2H3. The number of hydrogen-bond donors (Lipinski definition) is 0. The minimum Gasteiger partial charge on any atom is -0.452 e. The molecule has 1 saturated heterocycles. The van der Waals surface area contributed by atoms with E-state index in [-0.39, 0.29) is 6.42 Å². The van der Waals surface area contributed by atoms with E-state index in [2.05, 4.69) is 11.3 Å². The minimum absolute atomic E-state index is 0.0409. The second-order valence-corrected chi connectivity index (χ2v) is 3.24. The Morgan fingerprint density at radius 2 is 2.18 bits per heavy atom. The van der Waals surface area contributed by atoms with Gasteiger partial charge >= 0.3 is 11.9 Å². The van der Waals surface area contributed by atoms with Crippen molar-refractivity contribution in [3.05, 3.63) is 12.7 Å². The molecule has 0 bridgehead atoms. The van der Waals surface area contributed by atoms with E-state index in [4.69, 9.17) is 4.74 Å². The number of amides is 2. The first kappa shape index (κ1) is 12.9. The second-order valence-electron chi connectivity index (χ2n) is 3.24. The van der Waals surface area contributed by atoms with Crippen LogP contribution in [0.5, 0.6) is 0 Å². The van der Waals surface area contributed by atoms with Crippen molar-refractivity contribution in [1.29, 1.82) is 0 Å². The Bertz CT molecular complexity index is 388. The van der Waals surface area contributed by atoms with E-state index in [1.807, 2.05) is 0 Å². The summed E-state index contributed by atoms with van der Waals surface area (Å²) in [6.07, 6.45) is -0.0369. The van der Waals surface area contributed by atoms with Crippen LogP contribution in [-0.2, 0) is 28.7 Å². The van der Waals surface area contributed by atoms with Crippen LogP contribution in [0.2, 0.25) is 0 Å². The largest absolute Gasteiger partial charge is 0.452 e. The number of imide groups is 1. The molecule has 0 aromatic heterocycles. The molecule has 1 aliphatic rings. The Labute approximate surface area is 97.0 Å². The zero-order valence-corrected chi connectivity index (χ0v) is 9.17. The molecule has 1 rings (SSSR count). The average molecular weight is 241 g/mol. The number of nitrogens with zero attached hydrogens (tertiary/aromatic N) is 1. The van der Waals surface area contributed by atoms with Crippen molar-refractivity contribution >= 4 is 23.8 Å². The first-order chi connectivity index (χ1) is 7.95. The fourth-order valence-corrected chi connectivity index (χ4v) is 1.23. The van der Waals surface area contributed by atoms with Gasteiger partial charge in [0, 0.05) is 13.0 Å². The fraction of sp³-hybridized carbons (Fsp3) is 0.400. The summed E-state index contributed by atoms with van der Waals surface area (Å²) in [4.78, 5) is 44.7. The number of ether oxygens (including phenoxy) is 2. The van der Waals surface area contributed by atoms with Crippen molar-refractivity contribution in [1.82, 2.24) is 4.90 Å². The third-order valence-corrected chi connectivity index (χ3v) is 1.98. The molecule has 0 aliphatic carbocycles. The number of likely N-dealkylation sites (tertiary alicyclic amines) is 1. The second kappa shape index (κ2) is 5.24. The molecule has 1 heterocycles. The van der Waals surface area contributed by atoms with E-state index in [9.17, 15) is 19.2 Å². The maximum atomic E-state index is 11.5. The third-order valence-electron chi connectivity index (χ3n) is 1.98. The normalized spacial score (nSPS) is 18.1. The molecule has 0 spiro atoms. The Morgan fingerprint density at radius 1 is 1.53 bits per heavy atom. The highest BCUT2D eigenvalue weighted by Gasteiger charge is 2.43. The molecule has 0 N–H and O–H groups in total. The van der Waals surface area contributed by atoms with Crippen molar-refractivity contribution in [2.75, 3.05) is 6.61 Å².